The molecule has 190 valence electrons. The van der Waals surface area contributed by atoms with Crippen LogP contribution in [0.15, 0.2) is 36.9 Å². The summed E-state index contributed by atoms with van der Waals surface area (Å²) in [6.45, 7) is 4.50. The van der Waals surface area contributed by atoms with Crippen molar-refractivity contribution in [1.82, 2.24) is 19.9 Å². The molecule has 0 fully saturated rings. The Morgan fingerprint density at radius 3 is 1.28 bits per heavy atom. The van der Waals surface area contributed by atoms with Crippen LogP contribution in [-0.4, -0.2) is 19.9 Å². The lowest BCUT2D eigenvalue weighted by Gasteiger charge is -1.97. The van der Waals surface area contributed by atoms with Crippen LogP contribution in [-0.2, 0) is 0 Å². The average Bonchev–Trinajstić information content (AvgIpc) is 2.91. The highest BCUT2D eigenvalue weighted by atomic mass is 14.9. The van der Waals surface area contributed by atoms with E-state index in [1.54, 1.807) is 24.8 Å². The predicted octanol–water partition coefficient (Wildman–Crippen LogP) is 8.20. The predicted molar refractivity (Wildman–Crippen MR) is 152 cm³/mol. The van der Waals surface area contributed by atoms with Gasteiger partial charge in [0.2, 0.25) is 11.6 Å². The van der Waals surface area contributed by atoms with E-state index < -0.39 is 0 Å². The Morgan fingerprint density at radius 1 is 0.528 bits per heavy atom. The Kier molecular flexibility index (Phi) is 16.1. The van der Waals surface area contributed by atoms with E-state index in [4.69, 9.17) is 0 Å². The molecular weight excluding hydrogens is 440 g/mol. The maximum atomic E-state index is 4.30. The SMILES string of the molecule is CCCCCCCC/C=C/c1cnc(C#CC#Cc2ncc(/C=C/CCCCCCCC)cn2)nc1. The van der Waals surface area contributed by atoms with Gasteiger partial charge in [-0.1, -0.05) is 102 Å². The first-order valence-electron chi connectivity index (χ1n) is 13.8. The van der Waals surface area contributed by atoms with Crippen molar-refractivity contribution in [1.29, 1.82) is 0 Å². The summed E-state index contributed by atoms with van der Waals surface area (Å²) in [4.78, 5) is 17.2. The minimum atomic E-state index is 0.462. The van der Waals surface area contributed by atoms with Crippen LogP contribution in [0, 0.1) is 23.7 Å². The summed E-state index contributed by atoms with van der Waals surface area (Å²) in [6, 6.07) is 0. The van der Waals surface area contributed by atoms with Crippen molar-refractivity contribution in [3.05, 3.63) is 59.7 Å². The third-order valence-electron chi connectivity index (χ3n) is 5.82. The fourth-order valence-corrected chi connectivity index (χ4v) is 3.68. The van der Waals surface area contributed by atoms with Gasteiger partial charge in [-0.3, -0.25) is 0 Å². The average molecular weight is 483 g/mol. The van der Waals surface area contributed by atoms with Crippen LogP contribution in [0.3, 0.4) is 0 Å². The summed E-state index contributed by atoms with van der Waals surface area (Å²) in [6.07, 6.45) is 33.7. The molecule has 36 heavy (non-hydrogen) atoms. The van der Waals surface area contributed by atoms with Crippen molar-refractivity contribution >= 4 is 12.2 Å². The van der Waals surface area contributed by atoms with Gasteiger partial charge in [0.1, 0.15) is 0 Å². The number of nitrogens with zero attached hydrogens (tertiary/aromatic N) is 4. The smallest absolute Gasteiger partial charge is 0.205 e. The van der Waals surface area contributed by atoms with E-state index in [0.717, 1.165) is 24.0 Å². The summed E-state index contributed by atoms with van der Waals surface area (Å²) < 4.78 is 0. The van der Waals surface area contributed by atoms with Gasteiger partial charge in [-0.15, -0.1) is 0 Å². The fourth-order valence-electron chi connectivity index (χ4n) is 3.68. The van der Waals surface area contributed by atoms with Gasteiger partial charge >= 0.3 is 0 Å². The lowest BCUT2D eigenvalue weighted by molar-refractivity contribution is 0.611. The summed E-state index contributed by atoms with van der Waals surface area (Å²) >= 11 is 0. The molecule has 0 bridgehead atoms. The molecule has 0 saturated heterocycles. The van der Waals surface area contributed by atoms with Crippen LogP contribution in [0.5, 0.6) is 0 Å². The first-order valence-corrected chi connectivity index (χ1v) is 13.8. The second kappa shape index (κ2) is 20.0. The van der Waals surface area contributed by atoms with Crippen molar-refractivity contribution < 1.29 is 0 Å². The van der Waals surface area contributed by atoms with Gasteiger partial charge in [-0.2, -0.15) is 0 Å². The number of allylic oxidation sites excluding steroid dienone is 2. The normalized spacial score (nSPS) is 10.8. The van der Waals surface area contributed by atoms with Crippen molar-refractivity contribution in [2.24, 2.45) is 0 Å². The van der Waals surface area contributed by atoms with E-state index in [-0.39, 0.29) is 0 Å². The lowest BCUT2D eigenvalue weighted by Crippen LogP contribution is -1.89. The van der Waals surface area contributed by atoms with E-state index in [0.29, 0.717) is 11.6 Å². The molecule has 4 nitrogen and oxygen atoms in total. The second-order valence-corrected chi connectivity index (χ2v) is 9.10. The van der Waals surface area contributed by atoms with Crippen molar-refractivity contribution in [3.8, 4) is 23.7 Å². The van der Waals surface area contributed by atoms with E-state index in [1.807, 2.05) is 0 Å². The van der Waals surface area contributed by atoms with Crippen LogP contribution >= 0.6 is 0 Å². The first kappa shape index (κ1) is 29.0. The molecule has 0 aliphatic heterocycles. The molecular formula is C32H42N4. The van der Waals surface area contributed by atoms with Gasteiger partial charge in [-0.05, 0) is 49.4 Å². The molecule has 2 aromatic heterocycles. The Morgan fingerprint density at radius 2 is 0.889 bits per heavy atom. The molecule has 0 spiro atoms. The van der Waals surface area contributed by atoms with Gasteiger partial charge in [0.05, 0.1) is 0 Å². The second-order valence-electron chi connectivity index (χ2n) is 9.10. The Balaban J connectivity index is 1.69. The number of rotatable bonds is 16. The highest BCUT2D eigenvalue weighted by Gasteiger charge is 1.94. The van der Waals surface area contributed by atoms with E-state index in [9.17, 15) is 0 Å². The first-order chi connectivity index (χ1) is 17.8. The zero-order chi connectivity index (χ0) is 25.5. The zero-order valence-corrected chi connectivity index (χ0v) is 22.3. The molecule has 0 radical (unpaired) electrons. The van der Waals surface area contributed by atoms with Crippen LogP contribution in [0.25, 0.3) is 12.2 Å². The highest BCUT2D eigenvalue weighted by molar-refractivity contribution is 5.48. The topological polar surface area (TPSA) is 51.6 Å². The molecule has 0 saturated carbocycles. The maximum absolute atomic E-state index is 4.30. The van der Waals surface area contributed by atoms with Gasteiger partial charge in [0.15, 0.2) is 0 Å². The summed E-state index contributed by atoms with van der Waals surface area (Å²) in [5.74, 6) is 12.2. The Labute approximate surface area is 219 Å². The van der Waals surface area contributed by atoms with Crippen LogP contribution in [0.4, 0.5) is 0 Å². The van der Waals surface area contributed by atoms with Crippen LogP contribution < -0.4 is 0 Å². The van der Waals surface area contributed by atoms with Crippen LogP contribution in [0.2, 0.25) is 0 Å². The standard InChI is InChI=1S/C32H42N4/c1-3-5-7-9-11-13-15-17-21-29-25-33-31(34-26-29)23-19-20-24-32-35-27-30(28-36-32)22-18-16-14-12-10-8-6-4-2/h17-18,21-22,25-28H,3-16H2,1-2H3/b21-17+,22-18+. The number of hydrogen-bond donors (Lipinski definition) is 0. The number of unbranched alkanes of at least 4 members (excludes halogenated alkanes) is 12. The molecule has 0 N–H and O–H groups in total. The largest absolute Gasteiger partial charge is 0.229 e. The molecule has 0 amide bonds. The molecule has 4 heteroatoms. The lowest BCUT2D eigenvalue weighted by atomic mass is 10.1. The molecule has 0 atom stereocenters. The van der Waals surface area contributed by atoms with Crippen molar-refractivity contribution in [2.75, 3.05) is 0 Å². The van der Waals surface area contributed by atoms with E-state index >= 15 is 0 Å². The monoisotopic (exact) mass is 482 g/mol. The third-order valence-corrected chi connectivity index (χ3v) is 5.82. The minimum Gasteiger partial charge on any atom is -0.229 e. The number of aromatic nitrogens is 4. The Hall–Kier alpha value is -3.24. The molecule has 0 unspecified atom stereocenters. The van der Waals surface area contributed by atoms with Gasteiger partial charge in [0, 0.05) is 35.9 Å². The quantitative estimate of drug-likeness (QED) is 0.179. The van der Waals surface area contributed by atoms with Gasteiger partial charge in [-0.25, -0.2) is 19.9 Å². The molecule has 2 heterocycles. The van der Waals surface area contributed by atoms with Crippen molar-refractivity contribution in [3.63, 3.8) is 0 Å². The third kappa shape index (κ3) is 14.2. The Bertz CT molecular complexity index is 927. The molecule has 0 aliphatic carbocycles. The zero-order valence-electron chi connectivity index (χ0n) is 22.3. The van der Waals surface area contributed by atoms with Gasteiger partial charge < -0.3 is 0 Å². The minimum absolute atomic E-state index is 0.462. The number of hydrogen-bond acceptors (Lipinski definition) is 4. The van der Waals surface area contributed by atoms with Gasteiger partial charge in [0.25, 0.3) is 0 Å². The molecule has 2 aromatic rings. The maximum Gasteiger partial charge on any atom is 0.205 e. The van der Waals surface area contributed by atoms with E-state index in [1.165, 1.54) is 77.0 Å². The molecule has 0 aliphatic rings. The van der Waals surface area contributed by atoms with Crippen LogP contribution in [0.1, 0.15) is 127 Å². The summed E-state index contributed by atoms with van der Waals surface area (Å²) in [5.41, 5.74) is 1.99. The summed E-state index contributed by atoms with van der Waals surface area (Å²) in [5, 5.41) is 0. The summed E-state index contributed by atoms with van der Waals surface area (Å²) in [7, 11) is 0. The van der Waals surface area contributed by atoms with Crippen molar-refractivity contribution in [2.45, 2.75) is 104 Å². The molecule has 2 rings (SSSR count). The van der Waals surface area contributed by atoms with E-state index in [2.05, 4.69) is 81.8 Å². The molecule has 0 aromatic carbocycles. The highest BCUT2D eigenvalue weighted by Crippen LogP contribution is 2.09. The fraction of sp³-hybridized carbons (Fsp3) is 0.500.